The molecule has 17 heteroatoms. The fraction of sp³-hybridized carbons (Fsp3) is 0.281. The van der Waals surface area contributed by atoms with E-state index in [2.05, 4.69) is 10.4 Å². The summed E-state index contributed by atoms with van der Waals surface area (Å²) in [6.07, 6.45) is -4.43. The van der Waals surface area contributed by atoms with Gasteiger partial charge in [0.25, 0.3) is 5.66 Å². The third kappa shape index (κ3) is 6.64. The van der Waals surface area contributed by atoms with E-state index in [1.165, 1.54) is 6.92 Å². The average Bonchev–Trinajstić information content (AvgIpc) is 3.59. The lowest BCUT2D eigenvalue weighted by molar-refractivity contribution is -0.127. The van der Waals surface area contributed by atoms with Gasteiger partial charge in [-0.15, -0.1) is 4.41 Å². The lowest BCUT2D eigenvalue weighted by Gasteiger charge is -2.35. The number of carbonyl (C=O) groups is 5. The standard InChI is InChI=1S/C32H33N7O9S/c1-5-45-28(41)35-39(31(44)48-8-4)49-27-33-32(38(30(43)47-7-3)37(27)29(42)46-6-2)25(23-19-18-21-14-12-13-15-22(21)20-23)34-36(26(32)40)24-16-10-9-11-17-24/h9-20H,5-8H2,1-4H3,(H,35,41). The number of carbonyl (C=O) groups excluding carboxylic acids is 5. The van der Waals surface area contributed by atoms with E-state index < -0.39 is 41.1 Å². The van der Waals surface area contributed by atoms with Crippen molar-refractivity contribution in [3.05, 3.63) is 78.4 Å². The summed E-state index contributed by atoms with van der Waals surface area (Å²) in [5, 5.41) is 8.35. The van der Waals surface area contributed by atoms with E-state index in [9.17, 15) is 24.0 Å². The van der Waals surface area contributed by atoms with Crippen molar-refractivity contribution in [1.29, 1.82) is 0 Å². The maximum absolute atomic E-state index is 14.8. The molecule has 3 aromatic rings. The van der Waals surface area contributed by atoms with Crippen LogP contribution in [0.1, 0.15) is 33.3 Å². The molecule has 16 nitrogen and oxygen atoms in total. The van der Waals surface area contributed by atoms with Crippen molar-refractivity contribution in [2.45, 2.75) is 33.4 Å². The van der Waals surface area contributed by atoms with E-state index in [-0.39, 0.29) is 32.1 Å². The SMILES string of the molecule is CCOC(=O)NN(SC1=NC2(C(=O)N(c3ccccc3)N=C2c2ccc3ccccc3c2)N(C(=O)OCC)N1C(=O)OCC)C(=O)OCC. The molecule has 0 radical (unpaired) electrons. The molecule has 49 heavy (non-hydrogen) atoms. The first kappa shape index (κ1) is 34.5. The molecule has 5 rings (SSSR count). The highest BCUT2D eigenvalue weighted by Gasteiger charge is 2.66. The highest BCUT2D eigenvalue weighted by atomic mass is 32.2. The molecule has 0 bridgehead atoms. The molecule has 0 aliphatic carbocycles. The first-order valence-electron chi connectivity index (χ1n) is 15.3. The maximum atomic E-state index is 14.8. The van der Waals surface area contributed by atoms with Crippen LogP contribution in [0.2, 0.25) is 0 Å². The Bertz CT molecular complexity index is 1820. The number of hydrogen-bond donors (Lipinski definition) is 1. The van der Waals surface area contributed by atoms with Crippen LogP contribution in [0.4, 0.5) is 24.9 Å². The molecule has 0 aromatic heterocycles. The summed E-state index contributed by atoms with van der Waals surface area (Å²) in [5.41, 5.74) is 0.472. The minimum Gasteiger partial charge on any atom is -0.449 e. The molecule has 1 unspecified atom stereocenters. The number of nitrogens with one attached hydrogen (secondary N) is 1. The number of nitrogens with zero attached hydrogens (tertiary/aromatic N) is 6. The normalized spacial score (nSPS) is 16.7. The minimum atomic E-state index is -2.41. The number of hydrazine groups is 2. The van der Waals surface area contributed by atoms with E-state index in [4.69, 9.17) is 24.0 Å². The highest BCUT2D eigenvalue weighted by molar-refractivity contribution is 8.12. The largest absolute Gasteiger partial charge is 0.449 e. The zero-order valence-electron chi connectivity index (χ0n) is 27.0. The van der Waals surface area contributed by atoms with Crippen LogP contribution in [-0.2, 0) is 23.7 Å². The number of anilines is 1. The summed E-state index contributed by atoms with van der Waals surface area (Å²) in [6.45, 7) is 5.78. The Morgan fingerprint density at radius 3 is 2.10 bits per heavy atom. The topological polar surface area (TPSA) is 172 Å². The first-order chi connectivity index (χ1) is 23.7. The van der Waals surface area contributed by atoms with Gasteiger partial charge >= 0.3 is 30.3 Å². The van der Waals surface area contributed by atoms with Gasteiger partial charge in [-0.2, -0.15) is 20.1 Å². The highest BCUT2D eigenvalue weighted by Crippen LogP contribution is 2.42. The molecular formula is C32H33N7O9S. The number of rotatable bonds is 6. The van der Waals surface area contributed by atoms with Gasteiger partial charge in [0.1, 0.15) is 5.71 Å². The van der Waals surface area contributed by atoms with Crippen LogP contribution in [0.15, 0.2) is 82.9 Å². The fourth-order valence-electron chi connectivity index (χ4n) is 4.98. The number of benzene rings is 3. The first-order valence-corrected chi connectivity index (χ1v) is 16.1. The van der Waals surface area contributed by atoms with Crippen molar-refractivity contribution in [3.63, 3.8) is 0 Å². The Morgan fingerprint density at radius 2 is 1.43 bits per heavy atom. The van der Waals surface area contributed by atoms with Crippen LogP contribution in [-0.4, -0.2) is 87.7 Å². The van der Waals surface area contributed by atoms with Crippen molar-refractivity contribution in [1.82, 2.24) is 19.9 Å². The Balaban J connectivity index is 1.76. The summed E-state index contributed by atoms with van der Waals surface area (Å²) in [4.78, 5) is 72.7. The Morgan fingerprint density at radius 1 is 0.796 bits per heavy atom. The van der Waals surface area contributed by atoms with E-state index in [1.54, 1.807) is 63.2 Å². The molecule has 256 valence electrons. The fourth-order valence-corrected chi connectivity index (χ4v) is 5.79. The predicted molar refractivity (Wildman–Crippen MR) is 179 cm³/mol. The smallest absolute Gasteiger partial charge is 0.439 e. The molecule has 1 N–H and O–H groups in total. The molecule has 2 heterocycles. The number of fused-ring (bicyclic) bond motifs is 1. The van der Waals surface area contributed by atoms with Crippen LogP contribution in [0.5, 0.6) is 0 Å². The molecule has 3 aromatic carbocycles. The number of para-hydroxylation sites is 1. The van der Waals surface area contributed by atoms with Gasteiger partial charge in [0.15, 0.2) is 0 Å². The second-order valence-electron chi connectivity index (χ2n) is 9.97. The monoisotopic (exact) mass is 691 g/mol. The van der Waals surface area contributed by atoms with Gasteiger partial charge in [-0.25, -0.2) is 29.6 Å². The summed E-state index contributed by atoms with van der Waals surface area (Å²) in [7, 11) is 0. The summed E-state index contributed by atoms with van der Waals surface area (Å²) >= 11 is 0.363. The van der Waals surface area contributed by atoms with E-state index in [1.807, 2.05) is 30.3 Å². The van der Waals surface area contributed by atoms with Gasteiger partial charge in [0, 0.05) is 5.56 Å². The van der Waals surface area contributed by atoms with Crippen LogP contribution >= 0.6 is 11.9 Å². The van der Waals surface area contributed by atoms with Gasteiger partial charge in [0.05, 0.1) is 44.1 Å². The Kier molecular flexibility index (Phi) is 10.5. The molecule has 0 saturated heterocycles. The Hall–Kier alpha value is -5.84. The van der Waals surface area contributed by atoms with Gasteiger partial charge in [-0.3, -0.25) is 4.79 Å². The second kappa shape index (κ2) is 14.9. The van der Waals surface area contributed by atoms with Crippen LogP contribution in [0.25, 0.3) is 10.8 Å². The number of amides is 5. The minimum absolute atomic E-state index is 0.0295. The number of aliphatic imine (C=N–C) groups is 1. The maximum Gasteiger partial charge on any atom is 0.439 e. The summed E-state index contributed by atoms with van der Waals surface area (Å²) in [5.74, 6) is -0.860. The van der Waals surface area contributed by atoms with Crippen LogP contribution < -0.4 is 10.4 Å². The van der Waals surface area contributed by atoms with Gasteiger partial charge < -0.3 is 18.9 Å². The molecule has 5 amide bonds. The van der Waals surface area contributed by atoms with Gasteiger partial charge in [-0.05, 0) is 56.7 Å². The van der Waals surface area contributed by atoms with Crippen LogP contribution in [0.3, 0.4) is 0 Å². The van der Waals surface area contributed by atoms with Gasteiger partial charge in [0.2, 0.25) is 5.17 Å². The van der Waals surface area contributed by atoms with E-state index >= 15 is 0 Å². The number of ether oxygens (including phenoxy) is 4. The molecule has 0 saturated carbocycles. The van der Waals surface area contributed by atoms with Crippen molar-refractivity contribution in [3.8, 4) is 0 Å². The predicted octanol–water partition coefficient (Wildman–Crippen LogP) is 5.26. The number of hydrogen-bond acceptors (Lipinski definition) is 12. The van der Waals surface area contributed by atoms with E-state index in [0.717, 1.165) is 15.8 Å². The molecule has 2 aliphatic heterocycles. The van der Waals surface area contributed by atoms with E-state index in [0.29, 0.717) is 37.6 Å². The average molecular weight is 692 g/mol. The number of hydrazone groups is 1. The lowest BCUT2D eigenvalue weighted by atomic mass is 9.95. The zero-order chi connectivity index (χ0) is 35.1. The van der Waals surface area contributed by atoms with Gasteiger partial charge in [-0.1, -0.05) is 54.6 Å². The van der Waals surface area contributed by atoms with Crippen molar-refractivity contribution in [2.75, 3.05) is 31.4 Å². The zero-order valence-corrected chi connectivity index (χ0v) is 27.8. The number of amidine groups is 1. The summed E-state index contributed by atoms with van der Waals surface area (Å²) < 4.78 is 21.3. The van der Waals surface area contributed by atoms with Crippen LogP contribution in [0, 0.1) is 0 Å². The quantitative estimate of drug-likeness (QED) is 0.204. The molecule has 1 spiro atoms. The molecule has 0 fully saturated rings. The van der Waals surface area contributed by atoms with Crippen molar-refractivity contribution in [2.24, 2.45) is 10.1 Å². The molecular weight excluding hydrogens is 658 g/mol. The van der Waals surface area contributed by atoms with Crippen molar-refractivity contribution < 1.29 is 42.9 Å². The third-order valence-electron chi connectivity index (χ3n) is 6.95. The Labute approximate surface area is 285 Å². The summed E-state index contributed by atoms with van der Waals surface area (Å²) in [6, 6.07) is 21.2. The van der Waals surface area contributed by atoms with Crippen molar-refractivity contribution >= 4 is 69.6 Å². The lowest BCUT2D eigenvalue weighted by Crippen LogP contribution is -2.64. The third-order valence-corrected chi connectivity index (χ3v) is 7.80. The second-order valence-corrected chi connectivity index (χ2v) is 10.9. The molecule has 1 atom stereocenters. The molecule has 2 aliphatic rings.